The zero-order chi connectivity index (χ0) is 24.1. The van der Waals surface area contributed by atoms with Crippen LogP contribution in [0.1, 0.15) is 46.2 Å². The average molecular weight is 473 g/mol. The number of fused-ring (bicyclic) bond motifs is 1. The first kappa shape index (κ1) is 21.6. The molecule has 35 heavy (non-hydrogen) atoms. The summed E-state index contributed by atoms with van der Waals surface area (Å²) in [6, 6.07) is 8.23. The minimum atomic E-state index is -0.585. The van der Waals surface area contributed by atoms with Gasteiger partial charge in [-0.1, -0.05) is 6.07 Å². The Kier molecular flexibility index (Phi) is 5.18. The van der Waals surface area contributed by atoms with Crippen LogP contribution in [0.4, 0.5) is 10.2 Å². The van der Waals surface area contributed by atoms with Crippen molar-refractivity contribution < 1.29 is 9.18 Å². The van der Waals surface area contributed by atoms with E-state index < -0.39 is 11.7 Å². The lowest BCUT2D eigenvalue weighted by Crippen LogP contribution is -2.30. The number of likely N-dealkylation sites (N-methyl/N-ethyl adjacent to an activating group) is 1. The van der Waals surface area contributed by atoms with E-state index in [1.165, 1.54) is 6.07 Å². The maximum absolute atomic E-state index is 14.8. The van der Waals surface area contributed by atoms with Crippen molar-refractivity contribution in [3.8, 4) is 17.2 Å². The van der Waals surface area contributed by atoms with Crippen LogP contribution in [0.2, 0.25) is 0 Å². The quantitative estimate of drug-likeness (QED) is 0.478. The van der Waals surface area contributed by atoms with Gasteiger partial charge in [-0.25, -0.2) is 14.4 Å². The minimum Gasteiger partial charge on any atom is -0.307 e. The zero-order valence-corrected chi connectivity index (χ0v) is 19.6. The van der Waals surface area contributed by atoms with Gasteiger partial charge in [0, 0.05) is 25.2 Å². The number of aromatic nitrogens is 6. The predicted octanol–water partition coefficient (Wildman–Crippen LogP) is 3.55. The molecule has 1 amide bonds. The standard InChI is InChI=1S/C25H25FN8O/c1-15-10-18(26)17(11-21(15)33-12-20(27-14-33)16-6-7-16)25(35)29-22-5-3-4-19(28-22)24-31-30-23-13-32(2)8-9-34(23)24/h3-5,10-12,14,16H,6-9,13H2,1-2H3,(H,28,29,35). The van der Waals surface area contributed by atoms with Crippen molar-refractivity contribution in [2.75, 3.05) is 18.9 Å². The van der Waals surface area contributed by atoms with Gasteiger partial charge in [-0.3, -0.25) is 9.69 Å². The van der Waals surface area contributed by atoms with Crippen molar-refractivity contribution in [1.29, 1.82) is 0 Å². The predicted molar refractivity (Wildman–Crippen MR) is 128 cm³/mol. The number of rotatable bonds is 5. The highest BCUT2D eigenvalue weighted by molar-refractivity contribution is 6.04. The molecule has 1 aliphatic carbocycles. The maximum atomic E-state index is 14.8. The van der Waals surface area contributed by atoms with Crippen molar-refractivity contribution in [3.63, 3.8) is 0 Å². The molecule has 1 aliphatic heterocycles. The second kappa shape index (κ2) is 8.38. The van der Waals surface area contributed by atoms with Crippen molar-refractivity contribution in [1.82, 2.24) is 34.2 Å². The SMILES string of the molecule is Cc1cc(F)c(C(=O)Nc2cccc(-c3nnc4n3CCN(C)C4)n2)cc1-n1cnc(C2CC2)c1. The summed E-state index contributed by atoms with van der Waals surface area (Å²) < 4.78 is 18.7. The number of aryl methyl sites for hydroxylation is 1. The smallest absolute Gasteiger partial charge is 0.259 e. The van der Waals surface area contributed by atoms with Gasteiger partial charge in [-0.2, -0.15) is 0 Å². The van der Waals surface area contributed by atoms with Crippen LogP contribution < -0.4 is 5.32 Å². The summed E-state index contributed by atoms with van der Waals surface area (Å²) >= 11 is 0. The van der Waals surface area contributed by atoms with E-state index in [-0.39, 0.29) is 5.56 Å². The van der Waals surface area contributed by atoms with E-state index >= 15 is 0 Å². The fourth-order valence-electron chi connectivity index (χ4n) is 4.45. The molecule has 2 aliphatic rings. The Bertz CT molecular complexity index is 1440. The molecule has 1 saturated carbocycles. The molecule has 9 nitrogen and oxygen atoms in total. The molecule has 0 atom stereocenters. The molecule has 1 aromatic carbocycles. The third kappa shape index (κ3) is 4.10. The third-order valence-corrected chi connectivity index (χ3v) is 6.57. The summed E-state index contributed by atoms with van der Waals surface area (Å²) in [6.45, 7) is 4.19. The highest BCUT2D eigenvalue weighted by Crippen LogP contribution is 2.39. The molecular weight excluding hydrogens is 447 g/mol. The van der Waals surface area contributed by atoms with Gasteiger partial charge in [-0.05, 0) is 56.6 Å². The first-order valence-electron chi connectivity index (χ1n) is 11.7. The van der Waals surface area contributed by atoms with Crippen LogP contribution in [0.5, 0.6) is 0 Å². The number of nitrogens with zero attached hydrogens (tertiary/aromatic N) is 7. The van der Waals surface area contributed by atoms with Crippen molar-refractivity contribution in [2.24, 2.45) is 0 Å². The monoisotopic (exact) mass is 472 g/mol. The first-order chi connectivity index (χ1) is 17.0. The lowest BCUT2D eigenvalue weighted by molar-refractivity contribution is 0.102. The molecule has 3 aromatic heterocycles. The second-order valence-corrected chi connectivity index (χ2v) is 9.29. The van der Waals surface area contributed by atoms with Gasteiger partial charge < -0.3 is 14.5 Å². The third-order valence-electron chi connectivity index (χ3n) is 6.57. The van der Waals surface area contributed by atoms with Gasteiger partial charge in [0.05, 0.1) is 29.8 Å². The van der Waals surface area contributed by atoms with Crippen LogP contribution in [0.15, 0.2) is 42.9 Å². The number of carbonyl (C=O) groups is 1. The van der Waals surface area contributed by atoms with E-state index in [2.05, 4.69) is 30.4 Å². The van der Waals surface area contributed by atoms with Crippen molar-refractivity contribution >= 4 is 11.7 Å². The Balaban J connectivity index is 1.27. The Morgan fingerprint density at radius 3 is 2.86 bits per heavy atom. The number of pyridine rings is 1. The Labute approximate surface area is 201 Å². The second-order valence-electron chi connectivity index (χ2n) is 9.29. The molecule has 0 unspecified atom stereocenters. The average Bonchev–Trinajstić information content (AvgIpc) is 3.42. The largest absolute Gasteiger partial charge is 0.307 e. The van der Waals surface area contributed by atoms with E-state index in [1.54, 1.807) is 24.5 Å². The molecule has 4 heterocycles. The van der Waals surface area contributed by atoms with Crippen LogP contribution in [-0.2, 0) is 13.1 Å². The minimum absolute atomic E-state index is 0.0534. The van der Waals surface area contributed by atoms with Crippen LogP contribution in [0, 0.1) is 12.7 Å². The number of hydrogen-bond acceptors (Lipinski definition) is 6. The summed E-state index contributed by atoms with van der Waals surface area (Å²) in [5.41, 5.74) is 3.02. The number of anilines is 1. The lowest BCUT2D eigenvalue weighted by atomic mass is 10.1. The normalized spacial score (nSPS) is 15.7. The van der Waals surface area contributed by atoms with E-state index in [0.29, 0.717) is 23.3 Å². The van der Waals surface area contributed by atoms with Gasteiger partial charge in [0.15, 0.2) is 5.82 Å². The summed E-state index contributed by atoms with van der Waals surface area (Å²) in [4.78, 5) is 24.3. The molecule has 6 rings (SSSR count). The van der Waals surface area contributed by atoms with Crippen LogP contribution in [0.3, 0.4) is 0 Å². The van der Waals surface area contributed by atoms with E-state index in [4.69, 9.17) is 0 Å². The van der Waals surface area contributed by atoms with Crippen molar-refractivity contribution in [2.45, 2.75) is 38.8 Å². The number of nitrogens with one attached hydrogen (secondary N) is 1. The van der Waals surface area contributed by atoms with Crippen LogP contribution in [-0.4, -0.2) is 53.7 Å². The summed E-state index contributed by atoms with van der Waals surface area (Å²) in [7, 11) is 2.04. The Hall–Kier alpha value is -3.92. The molecule has 0 bridgehead atoms. The van der Waals surface area contributed by atoms with Gasteiger partial charge in [0.25, 0.3) is 5.91 Å². The molecule has 0 saturated heterocycles. The van der Waals surface area contributed by atoms with Crippen molar-refractivity contribution in [3.05, 3.63) is 71.3 Å². The Morgan fingerprint density at radius 2 is 2.03 bits per heavy atom. The topological polar surface area (TPSA) is 93.8 Å². The first-order valence-corrected chi connectivity index (χ1v) is 11.7. The molecule has 0 radical (unpaired) electrons. The fraction of sp³-hybridized carbons (Fsp3) is 0.320. The summed E-state index contributed by atoms with van der Waals surface area (Å²) in [6.07, 6.45) is 5.97. The highest BCUT2D eigenvalue weighted by Gasteiger charge is 2.26. The Morgan fingerprint density at radius 1 is 1.17 bits per heavy atom. The van der Waals surface area contributed by atoms with E-state index in [1.807, 2.05) is 35.4 Å². The lowest BCUT2D eigenvalue weighted by Gasteiger charge is -2.23. The van der Waals surface area contributed by atoms with Gasteiger partial charge in [0.1, 0.15) is 23.2 Å². The highest BCUT2D eigenvalue weighted by atomic mass is 19.1. The number of amides is 1. The van der Waals surface area contributed by atoms with Gasteiger partial charge in [-0.15, -0.1) is 10.2 Å². The maximum Gasteiger partial charge on any atom is 0.259 e. The molecular formula is C25H25FN8O. The molecule has 10 heteroatoms. The zero-order valence-electron chi connectivity index (χ0n) is 19.6. The van der Waals surface area contributed by atoms with Crippen LogP contribution in [0.25, 0.3) is 17.2 Å². The number of halogens is 1. The number of benzene rings is 1. The molecule has 1 N–H and O–H groups in total. The summed E-state index contributed by atoms with van der Waals surface area (Å²) in [5, 5.41) is 11.3. The summed E-state index contributed by atoms with van der Waals surface area (Å²) in [5.74, 6) is 1.20. The van der Waals surface area contributed by atoms with E-state index in [0.717, 1.165) is 55.2 Å². The van der Waals surface area contributed by atoms with Gasteiger partial charge in [0.2, 0.25) is 0 Å². The number of hydrogen-bond donors (Lipinski definition) is 1. The van der Waals surface area contributed by atoms with Gasteiger partial charge >= 0.3 is 0 Å². The fourth-order valence-corrected chi connectivity index (χ4v) is 4.45. The number of carbonyl (C=O) groups excluding carboxylic acids is 1. The molecule has 1 fully saturated rings. The number of imidazole rings is 1. The molecule has 0 spiro atoms. The van der Waals surface area contributed by atoms with E-state index in [9.17, 15) is 9.18 Å². The van der Waals surface area contributed by atoms with Crippen LogP contribution >= 0.6 is 0 Å². The molecule has 178 valence electrons. The molecule has 4 aromatic rings.